The molecule has 3 amide bonds. The van der Waals surface area contributed by atoms with E-state index in [-0.39, 0.29) is 5.56 Å². The molecular formula is C23H18N2O5. The minimum Gasteiger partial charge on any atom is -0.497 e. The molecule has 0 aromatic heterocycles. The SMILES string of the molecule is COc1ccc(OC)c(NC(=O)c2cccc(N3C(=O)c4ccccc4C3=O)c2)c1. The van der Waals surface area contributed by atoms with Crippen LogP contribution < -0.4 is 19.7 Å². The number of benzene rings is 3. The van der Waals surface area contributed by atoms with Gasteiger partial charge in [0.15, 0.2) is 0 Å². The number of methoxy groups -OCH3 is 2. The van der Waals surface area contributed by atoms with Gasteiger partial charge < -0.3 is 14.8 Å². The number of nitrogens with zero attached hydrogens (tertiary/aromatic N) is 1. The van der Waals surface area contributed by atoms with Crippen LogP contribution in [0.2, 0.25) is 0 Å². The van der Waals surface area contributed by atoms with Gasteiger partial charge in [0, 0.05) is 11.6 Å². The molecule has 0 spiro atoms. The molecule has 3 aromatic rings. The van der Waals surface area contributed by atoms with E-state index in [1.54, 1.807) is 60.7 Å². The van der Waals surface area contributed by atoms with Crippen molar-refractivity contribution in [1.82, 2.24) is 0 Å². The van der Waals surface area contributed by atoms with Gasteiger partial charge in [-0.05, 0) is 42.5 Å². The van der Waals surface area contributed by atoms with Crippen molar-refractivity contribution in [2.45, 2.75) is 0 Å². The lowest BCUT2D eigenvalue weighted by Crippen LogP contribution is -2.29. The molecular weight excluding hydrogens is 384 g/mol. The molecule has 0 atom stereocenters. The highest BCUT2D eigenvalue weighted by Crippen LogP contribution is 2.31. The number of carbonyl (C=O) groups excluding carboxylic acids is 3. The number of anilines is 2. The highest BCUT2D eigenvalue weighted by Gasteiger charge is 2.36. The first-order chi connectivity index (χ1) is 14.5. The average Bonchev–Trinajstić information content (AvgIpc) is 3.04. The van der Waals surface area contributed by atoms with Gasteiger partial charge in [-0.15, -0.1) is 0 Å². The van der Waals surface area contributed by atoms with Gasteiger partial charge in [0.05, 0.1) is 36.7 Å². The minimum absolute atomic E-state index is 0.286. The van der Waals surface area contributed by atoms with Crippen LogP contribution in [-0.2, 0) is 0 Å². The molecule has 0 aliphatic carbocycles. The Morgan fingerprint density at radius 1 is 0.833 bits per heavy atom. The third kappa shape index (κ3) is 3.26. The Morgan fingerprint density at radius 2 is 1.53 bits per heavy atom. The zero-order valence-corrected chi connectivity index (χ0v) is 16.3. The predicted molar refractivity (Wildman–Crippen MR) is 112 cm³/mol. The van der Waals surface area contributed by atoms with Crippen LogP contribution in [0.4, 0.5) is 11.4 Å². The number of amides is 3. The topological polar surface area (TPSA) is 84.9 Å². The summed E-state index contributed by atoms with van der Waals surface area (Å²) in [5.74, 6) is -0.211. The number of hydrogen-bond donors (Lipinski definition) is 1. The van der Waals surface area contributed by atoms with Gasteiger partial charge in [0.2, 0.25) is 0 Å². The fraction of sp³-hybridized carbons (Fsp3) is 0.0870. The maximum Gasteiger partial charge on any atom is 0.266 e. The lowest BCUT2D eigenvalue weighted by Gasteiger charge is -2.15. The monoisotopic (exact) mass is 402 g/mol. The largest absolute Gasteiger partial charge is 0.497 e. The number of nitrogens with one attached hydrogen (secondary N) is 1. The third-order valence-electron chi connectivity index (χ3n) is 4.82. The molecule has 3 aromatic carbocycles. The van der Waals surface area contributed by atoms with E-state index in [9.17, 15) is 14.4 Å². The number of rotatable bonds is 5. The fourth-order valence-electron chi connectivity index (χ4n) is 3.32. The Kier molecular flexibility index (Phi) is 4.93. The van der Waals surface area contributed by atoms with Gasteiger partial charge in [0.25, 0.3) is 17.7 Å². The molecule has 7 heteroatoms. The van der Waals surface area contributed by atoms with E-state index in [1.165, 1.54) is 20.3 Å². The standard InChI is InChI=1S/C23H18N2O5/c1-29-16-10-11-20(30-2)19(13-16)24-21(26)14-6-5-7-15(12-14)25-22(27)17-8-3-4-9-18(17)23(25)28/h3-13H,1-2H3,(H,24,26). The lowest BCUT2D eigenvalue weighted by molar-refractivity contribution is 0.0924. The van der Waals surface area contributed by atoms with E-state index in [2.05, 4.69) is 5.32 Å². The van der Waals surface area contributed by atoms with Gasteiger partial charge in [-0.1, -0.05) is 18.2 Å². The zero-order chi connectivity index (χ0) is 21.3. The van der Waals surface area contributed by atoms with Crippen LogP contribution in [0, 0.1) is 0 Å². The van der Waals surface area contributed by atoms with E-state index < -0.39 is 17.7 Å². The van der Waals surface area contributed by atoms with Crippen molar-refractivity contribution < 1.29 is 23.9 Å². The Morgan fingerprint density at radius 3 is 2.17 bits per heavy atom. The summed E-state index contributed by atoms with van der Waals surface area (Å²) in [5, 5.41) is 2.78. The van der Waals surface area contributed by atoms with E-state index in [0.29, 0.717) is 34.0 Å². The van der Waals surface area contributed by atoms with Gasteiger partial charge in [-0.25, -0.2) is 4.90 Å². The summed E-state index contributed by atoms with van der Waals surface area (Å²) in [6, 6.07) is 18.0. The van der Waals surface area contributed by atoms with Crippen molar-refractivity contribution in [2.24, 2.45) is 0 Å². The van der Waals surface area contributed by atoms with Crippen LogP contribution >= 0.6 is 0 Å². The van der Waals surface area contributed by atoms with Crippen LogP contribution in [0.15, 0.2) is 66.7 Å². The third-order valence-corrected chi connectivity index (χ3v) is 4.82. The molecule has 150 valence electrons. The second kappa shape index (κ2) is 7.71. The van der Waals surface area contributed by atoms with Crippen molar-refractivity contribution in [2.75, 3.05) is 24.4 Å². The summed E-state index contributed by atoms with van der Waals surface area (Å²) in [6.07, 6.45) is 0. The Labute approximate surface area is 172 Å². The fourth-order valence-corrected chi connectivity index (χ4v) is 3.32. The summed E-state index contributed by atoms with van der Waals surface area (Å²) in [7, 11) is 3.03. The Balaban J connectivity index is 1.63. The lowest BCUT2D eigenvalue weighted by atomic mass is 10.1. The van der Waals surface area contributed by atoms with Gasteiger partial charge in [-0.2, -0.15) is 0 Å². The molecule has 0 saturated heterocycles. The molecule has 0 unspecified atom stereocenters. The molecule has 0 radical (unpaired) electrons. The van der Waals surface area contributed by atoms with Gasteiger partial charge >= 0.3 is 0 Å². The van der Waals surface area contributed by atoms with Crippen LogP contribution in [0.25, 0.3) is 0 Å². The molecule has 0 bridgehead atoms. The van der Waals surface area contributed by atoms with E-state index >= 15 is 0 Å². The van der Waals surface area contributed by atoms with Crippen molar-refractivity contribution in [3.05, 3.63) is 83.4 Å². The van der Waals surface area contributed by atoms with Gasteiger partial charge in [0.1, 0.15) is 11.5 Å². The second-order valence-corrected chi connectivity index (χ2v) is 6.56. The predicted octanol–water partition coefficient (Wildman–Crippen LogP) is 3.76. The van der Waals surface area contributed by atoms with E-state index in [1.807, 2.05) is 0 Å². The molecule has 0 fully saturated rings. The van der Waals surface area contributed by atoms with Crippen LogP contribution in [0.1, 0.15) is 31.1 Å². The van der Waals surface area contributed by atoms with E-state index in [4.69, 9.17) is 9.47 Å². The van der Waals surface area contributed by atoms with Crippen molar-refractivity contribution in [1.29, 1.82) is 0 Å². The Hall–Kier alpha value is -4.13. The first-order valence-corrected chi connectivity index (χ1v) is 9.14. The molecule has 7 nitrogen and oxygen atoms in total. The first kappa shape index (κ1) is 19.2. The molecule has 4 rings (SSSR count). The van der Waals surface area contributed by atoms with Crippen molar-refractivity contribution in [3.63, 3.8) is 0 Å². The summed E-state index contributed by atoms with van der Waals surface area (Å²) >= 11 is 0. The molecule has 1 heterocycles. The van der Waals surface area contributed by atoms with E-state index in [0.717, 1.165) is 4.90 Å². The number of hydrogen-bond acceptors (Lipinski definition) is 5. The summed E-state index contributed by atoms with van der Waals surface area (Å²) in [4.78, 5) is 39.3. The van der Waals surface area contributed by atoms with Crippen molar-refractivity contribution >= 4 is 29.1 Å². The quantitative estimate of drug-likeness (QED) is 0.657. The maximum absolute atomic E-state index is 12.8. The molecule has 30 heavy (non-hydrogen) atoms. The number of ether oxygens (including phenoxy) is 2. The average molecular weight is 402 g/mol. The second-order valence-electron chi connectivity index (χ2n) is 6.56. The number of carbonyl (C=O) groups is 3. The van der Waals surface area contributed by atoms with Crippen LogP contribution in [0.3, 0.4) is 0 Å². The normalized spacial score (nSPS) is 12.5. The smallest absolute Gasteiger partial charge is 0.266 e. The first-order valence-electron chi connectivity index (χ1n) is 9.14. The molecule has 1 aliphatic rings. The summed E-state index contributed by atoms with van der Waals surface area (Å²) in [6.45, 7) is 0. The molecule has 0 saturated carbocycles. The van der Waals surface area contributed by atoms with Crippen LogP contribution in [0.5, 0.6) is 11.5 Å². The minimum atomic E-state index is -0.417. The maximum atomic E-state index is 12.8. The molecule has 1 aliphatic heterocycles. The van der Waals surface area contributed by atoms with Crippen molar-refractivity contribution in [3.8, 4) is 11.5 Å². The summed E-state index contributed by atoms with van der Waals surface area (Å²) < 4.78 is 10.5. The number of imide groups is 1. The highest BCUT2D eigenvalue weighted by molar-refractivity contribution is 6.34. The summed E-state index contributed by atoms with van der Waals surface area (Å²) in [5.41, 5.74) is 1.74. The highest BCUT2D eigenvalue weighted by atomic mass is 16.5. The Bertz CT molecular complexity index is 1140. The molecule has 1 N–H and O–H groups in total. The zero-order valence-electron chi connectivity index (χ0n) is 16.3. The number of fused-ring (bicyclic) bond motifs is 1. The van der Waals surface area contributed by atoms with Crippen LogP contribution in [-0.4, -0.2) is 31.9 Å². The van der Waals surface area contributed by atoms with Gasteiger partial charge in [-0.3, -0.25) is 14.4 Å².